The van der Waals surface area contributed by atoms with Crippen molar-refractivity contribution in [2.75, 3.05) is 5.73 Å². The second-order valence-corrected chi connectivity index (χ2v) is 5.14. The summed E-state index contributed by atoms with van der Waals surface area (Å²) in [7, 11) is 0. The molecule has 3 N–H and O–H groups in total. The fourth-order valence-electron chi connectivity index (χ4n) is 1.39. The van der Waals surface area contributed by atoms with Gasteiger partial charge in [-0.1, -0.05) is 0 Å². The number of amides is 1. The lowest BCUT2D eigenvalue weighted by molar-refractivity contribution is 0.0906. The molecular formula is C11H13N5OS. The van der Waals surface area contributed by atoms with Gasteiger partial charge in [0.15, 0.2) is 0 Å². The van der Waals surface area contributed by atoms with Crippen molar-refractivity contribution in [1.82, 2.24) is 20.3 Å². The third-order valence-corrected chi connectivity index (χ3v) is 3.39. The van der Waals surface area contributed by atoms with Crippen LogP contribution in [0.5, 0.6) is 0 Å². The van der Waals surface area contributed by atoms with Crippen molar-refractivity contribution in [2.45, 2.75) is 19.4 Å². The van der Waals surface area contributed by atoms with Gasteiger partial charge in [0.1, 0.15) is 16.5 Å². The van der Waals surface area contributed by atoms with Gasteiger partial charge in [-0.3, -0.25) is 4.79 Å². The Hall–Kier alpha value is -2.02. The maximum Gasteiger partial charge on any atom is 0.272 e. The van der Waals surface area contributed by atoms with Crippen molar-refractivity contribution in [3.63, 3.8) is 0 Å². The molecule has 0 saturated heterocycles. The van der Waals surface area contributed by atoms with Crippen LogP contribution in [0.3, 0.4) is 0 Å². The van der Waals surface area contributed by atoms with Crippen LogP contribution in [0.2, 0.25) is 0 Å². The largest absolute Gasteiger partial charge is 0.382 e. The van der Waals surface area contributed by atoms with Gasteiger partial charge in [-0.25, -0.2) is 15.0 Å². The summed E-state index contributed by atoms with van der Waals surface area (Å²) in [4.78, 5) is 23.9. The number of aromatic nitrogens is 3. The SMILES string of the molecule is CC(C)(NC(=O)c1cnc(N)cn1)c1nccs1. The van der Waals surface area contributed by atoms with Crippen LogP contribution < -0.4 is 11.1 Å². The molecule has 2 aromatic rings. The number of nitrogens with one attached hydrogen (secondary N) is 1. The predicted octanol–water partition coefficient (Wildman–Crippen LogP) is 1.18. The summed E-state index contributed by atoms with van der Waals surface area (Å²) < 4.78 is 0. The number of nitrogens with zero attached hydrogens (tertiary/aromatic N) is 3. The molecule has 1 amide bonds. The van der Waals surface area contributed by atoms with Crippen molar-refractivity contribution in [2.24, 2.45) is 0 Å². The van der Waals surface area contributed by atoms with Gasteiger partial charge in [-0.05, 0) is 13.8 Å². The van der Waals surface area contributed by atoms with Crippen LogP contribution in [0.1, 0.15) is 29.3 Å². The molecule has 0 aliphatic heterocycles. The Morgan fingerprint density at radius 2 is 2.11 bits per heavy atom. The average Bonchev–Trinajstić information content (AvgIpc) is 2.83. The summed E-state index contributed by atoms with van der Waals surface area (Å²) in [5, 5.41) is 5.56. The zero-order valence-corrected chi connectivity index (χ0v) is 10.9. The number of rotatable bonds is 3. The molecule has 18 heavy (non-hydrogen) atoms. The minimum atomic E-state index is -0.547. The zero-order chi connectivity index (χ0) is 13.2. The lowest BCUT2D eigenvalue weighted by Gasteiger charge is -2.23. The van der Waals surface area contributed by atoms with Gasteiger partial charge in [-0.2, -0.15) is 0 Å². The van der Waals surface area contributed by atoms with Crippen LogP contribution in [-0.2, 0) is 5.54 Å². The monoisotopic (exact) mass is 263 g/mol. The Labute approximate surface area is 108 Å². The van der Waals surface area contributed by atoms with Crippen LogP contribution in [0.25, 0.3) is 0 Å². The molecule has 0 bridgehead atoms. The summed E-state index contributed by atoms with van der Waals surface area (Å²) in [5.74, 6) is -0.0200. The molecule has 7 heteroatoms. The van der Waals surface area contributed by atoms with Crippen molar-refractivity contribution in [1.29, 1.82) is 0 Å². The van der Waals surface area contributed by atoms with E-state index in [-0.39, 0.29) is 17.4 Å². The van der Waals surface area contributed by atoms with Gasteiger partial charge < -0.3 is 11.1 Å². The molecule has 0 radical (unpaired) electrons. The number of hydrogen-bond acceptors (Lipinski definition) is 6. The van der Waals surface area contributed by atoms with E-state index in [1.54, 1.807) is 6.20 Å². The van der Waals surface area contributed by atoms with Crippen molar-refractivity contribution >= 4 is 23.1 Å². The van der Waals surface area contributed by atoms with Crippen LogP contribution in [-0.4, -0.2) is 20.9 Å². The molecule has 94 valence electrons. The average molecular weight is 263 g/mol. The molecule has 2 aromatic heterocycles. The Morgan fingerprint density at radius 3 is 2.67 bits per heavy atom. The van der Waals surface area contributed by atoms with Crippen LogP contribution in [0.4, 0.5) is 5.82 Å². The molecule has 0 fully saturated rings. The highest BCUT2D eigenvalue weighted by molar-refractivity contribution is 7.09. The fourth-order valence-corrected chi connectivity index (χ4v) is 2.11. The van der Waals surface area contributed by atoms with Crippen LogP contribution in [0.15, 0.2) is 24.0 Å². The number of carbonyl (C=O) groups is 1. The van der Waals surface area contributed by atoms with Gasteiger partial charge in [0.25, 0.3) is 5.91 Å². The zero-order valence-electron chi connectivity index (χ0n) is 10.0. The predicted molar refractivity (Wildman–Crippen MR) is 69.1 cm³/mol. The molecule has 0 aromatic carbocycles. The Bertz CT molecular complexity index is 535. The van der Waals surface area contributed by atoms with Gasteiger partial charge in [0.05, 0.1) is 17.9 Å². The highest BCUT2D eigenvalue weighted by Gasteiger charge is 2.26. The summed E-state index contributed by atoms with van der Waals surface area (Å²) in [6, 6.07) is 0. The van der Waals surface area contributed by atoms with E-state index in [4.69, 9.17) is 5.73 Å². The number of anilines is 1. The first-order valence-corrected chi connectivity index (χ1v) is 6.17. The Balaban J connectivity index is 2.14. The summed E-state index contributed by atoms with van der Waals surface area (Å²) >= 11 is 1.49. The first kappa shape index (κ1) is 12.4. The quantitative estimate of drug-likeness (QED) is 0.867. The van der Waals surface area contributed by atoms with Gasteiger partial charge in [0, 0.05) is 11.6 Å². The second-order valence-electron chi connectivity index (χ2n) is 4.24. The number of thiazole rings is 1. The Morgan fingerprint density at radius 1 is 1.33 bits per heavy atom. The van der Waals surface area contributed by atoms with E-state index < -0.39 is 5.54 Å². The van der Waals surface area contributed by atoms with E-state index in [9.17, 15) is 4.79 Å². The third-order valence-electron chi connectivity index (χ3n) is 2.30. The van der Waals surface area contributed by atoms with Crippen molar-refractivity contribution in [3.05, 3.63) is 34.7 Å². The standard InChI is InChI=1S/C11H13N5OS/c1-11(2,10-13-3-4-18-10)16-9(17)7-5-15-8(12)6-14-7/h3-6H,1-2H3,(H2,12,15)(H,16,17). The summed E-state index contributed by atoms with van der Waals surface area (Å²) in [6.45, 7) is 3.77. The number of nitrogen functional groups attached to an aromatic ring is 1. The smallest absolute Gasteiger partial charge is 0.272 e. The summed E-state index contributed by atoms with van der Waals surface area (Å²) in [6.07, 6.45) is 4.41. The molecular weight excluding hydrogens is 250 g/mol. The van der Waals surface area contributed by atoms with Gasteiger partial charge in [0.2, 0.25) is 0 Å². The second kappa shape index (κ2) is 4.69. The van der Waals surface area contributed by atoms with E-state index >= 15 is 0 Å². The number of carbonyl (C=O) groups excluding carboxylic acids is 1. The summed E-state index contributed by atoms with van der Waals surface area (Å²) in [5.41, 5.74) is 5.10. The van der Waals surface area contributed by atoms with E-state index in [0.717, 1.165) is 5.01 Å². The lowest BCUT2D eigenvalue weighted by atomic mass is 10.1. The lowest BCUT2D eigenvalue weighted by Crippen LogP contribution is -2.41. The molecule has 2 heterocycles. The molecule has 2 rings (SSSR count). The molecule has 0 aliphatic rings. The molecule has 0 spiro atoms. The minimum absolute atomic E-state index is 0.230. The van der Waals surface area contributed by atoms with E-state index in [1.807, 2.05) is 19.2 Å². The molecule has 0 atom stereocenters. The van der Waals surface area contributed by atoms with E-state index in [0.29, 0.717) is 0 Å². The van der Waals surface area contributed by atoms with Crippen molar-refractivity contribution < 1.29 is 4.79 Å². The van der Waals surface area contributed by atoms with Crippen LogP contribution in [0, 0.1) is 0 Å². The Kier molecular flexibility index (Phi) is 3.24. The number of hydrogen-bond donors (Lipinski definition) is 2. The highest BCUT2D eigenvalue weighted by Crippen LogP contribution is 2.22. The highest BCUT2D eigenvalue weighted by atomic mass is 32.1. The van der Waals surface area contributed by atoms with Crippen LogP contribution >= 0.6 is 11.3 Å². The van der Waals surface area contributed by atoms with E-state index in [2.05, 4.69) is 20.3 Å². The van der Waals surface area contributed by atoms with Gasteiger partial charge in [-0.15, -0.1) is 11.3 Å². The molecule has 0 unspecified atom stereocenters. The van der Waals surface area contributed by atoms with Gasteiger partial charge >= 0.3 is 0 Å². The maximum atomic E-state index is 12.0. The number of nitrogens with two attached hydrogens (primary N) is 1. The first-order valence-electron chi connectivity index (χ1n) is 5.29. The first-order chi connectivity index (χ1) is 8.49. The van der Waals surface area contributed by atoms with E-state index in [1.165, 1.54) is 23.7 Å². The third kappa shape index (κ3) is 2.62. The molecule has 0 saturated carbocycles. The minimum Gasteiger partial charge on any atom is -0.382 e. The molecule has 0 aliphatic carbocycles. The topological polar surface area (TPSA) is 93.8 Å². The fraction of sp³-hybridized carbons (Fsp3) is 0.273. The van der Waals surface area contributed by atoms with Crippen molar-refractivity contribution in [3.8, 4) is 0 Å². The molecule has 6 nitrogen and oxygen atoms in total. The maximum absolute atomic E-state index is 12.0. The normalized spacial score (nSPS) is 11.2.